The molecule has 0 bridgehead atoms. The molecule has 0 radical (unpaired) electrons. The van der Waals surface area contributed by atoms with Gasteiger partial charge in [-0.25, -0.2) is 9.59 Å². The van der Waals surface area contributed by atoms with Crippen molar-refractivity contribution in [2.45, 2.75) is 20.3 Å². The molecule has 0 saturated carbocycles. The molecule has 0 atom stereocenters. The normalized spacial score (nSPS) is 8.53. The third kappa shape index (κ3) is 12.4. The molecule has 0 spiro atoms. The fourth-order valence-electron chi connectivity index (χ4n) is 0.720. The van der Waals surface area contributed by atoms with E-state index in [1.807, 2.05) is 13.8 Å². The van der Waals surface area contributed by atoms with Gasteiger partial charge in [0.1, 0.15) is 0 Å². The SMILES string of the molecule is C=C(CC(C)C)C(=O)OC.C=CC(=O)O. The molecule has 86 valence electrons. The van der Waals surface area contributed by atoms with Gasteiger partial charge in [-0.2, -0.15) is 0 Å². The van der Waals surface area contributed by atoms with Crippen LogP contribution >= 0.6 is 0 Å². The Bertz CT molecular complexity index is 241. The van der Waals surface area contributed by atoms with Crippen molar-refractivity contribution in [2.75, 3.05) is 7.11 Å². The van der Waals surface area contributed by atoms with Crippen molar-refractivity contribution in [3.05, 3.63) is 24.8 Å². The molecule has 0 unspecified atom stereocenters. The van der Waals surface area contributed by atoms with Crippen LogP contribution in [-0.2, 0) is 14.3 Å². The van der Waals surface area contributed by atoms with Crippen molar-refractivity contribution in [3.63, 3.8) is 0 Å². The number of hydrogen-bond donors (Lipinski definition) is 1. The van der Waals surface area contributed by atoms with Crippen LogP contribution in [0.2, 0.25) is 0 Å². The molecule has 4 nitrogen and oxygen atoms in total. The molecule has 0 fully saturated rings. The van der Waals surface area contributed by atoms with Gasteiger partial charge >= 0.3 is 11.9 Å². The lowest BCUT2D eigenvalue weighted by Gasteiger charge is -2.04. The minimum atomic E-state index is -0.981. The van der Waals surface area contributed by atoms with E-state index < -0.39 is 5.97 Å². The predicted octanol–water partition coefficient (Wildman–Crippen LogP) is 2.02. The summed E-state index contributed by atoms with van der Waals surface area (Å²) in [6.07, 6.45) is 1.55. The van der Waals surface area contributed by atoms with Crippen molar-refractivity contribution in [2.24, 2.45) is 5.92 Å². The average Bonchev–Trinajstić information content (AvgIpc) is 2.16. The Morgan fingerprint density at radius 3 is 2.07 bits per heavy atom. The molecule has 0 aromatic carbocycles. The third-order valence-electron chi connectivity index (χ3n) is 1.30. The quantitative estimate of drug-likeness (QED) is 0.574. The van der Waals surface area contributed by atoms with E-state index in [9.17, 15) is 9.59 Å². The van der Waals surface area contributed by atoms with Crippen LogP contribution in [0.4, 0.5) is 0 Å². The molecule has 0 aromatic rings. The fourth-order valence-corrected chi connectivity index (χ4v) is 0.720. The first kappa shape index (κ1) is 15.9. The van der Waals surface area contributed by atoms with Crippen molar-refractivity contribution in [3.8, 4) is 0 Å². The third-order valence-corrected chi connectivity index (χ3v) is 1.30. The minimum Gasteiger partial charge on any atom is -0.478 e. The number of methoxy groups -OCH3 is 1. The van der Waals surface area contributed by atoms with Crippen LogP contribution < -0.4 is 0 Å². The Morgan fingerprint density at radius 2 is 1.87 bits per heavy atom. The number of carboxylic acid groups (broad SMARTS) is 1. The number of aliphatic carboxylic acids is 1. The number of rotatable bonds is 4. The first-order chi connectivity index (χ1) is 6.84. The molecule has 0 rings (SSSR count). The van der Waals surface area contributed by atoms with Gasteiger partial charge in [0.05, 0.1) is 7.11 Å². The highest BCUT2D eigenvalue weighted by atomic mass is 16.5. The van der Waals surface area contributed by atoms with E-state index in [-0.39, 0.29) is 5.97 Å². The maximum absolute atomic E-state index is 10.7. The molecule has 0 heterocycles. The van der Waals surface area contributed by atoms with Gasteiger partial charge < -0.3 is 9.84 Å². The minimum absolute atomic E-state index is 0.297. The van der Waals surface area contributed by atoms with Crippen molar-refractivity contribution >= 4 is 11.9 Å². The first-order valence-electron chi connectivity index (χ1n) is 4.46. The first-order valence-corrected chi connectivity index (χ1v) is 4.46. The summed E-state index contributed by atoms with van der Waals surface area (Å²) >= 11 is 0. The Morgan fingerprint density at radius 1 is 1.47 bits per heavy atom. The Labute approximate surface area is 90.2 Å². The largest absolute Gasteiger partial charge is 0.478 e. The van der Waals surface area contributed by atoms with Crippen LogP contribution in [0.3, 0.4) is 0 Å². The Hall–Kier alpha value is -1.58. The van der Waals surface area contributed by atoms with Crippen LogP contribution in [-0.4, -0.2) is 24.2 Å². The zero-order valence-electron chi connectivity index (χ0n) is 9.45. The molecule has 4 heteroatoms. The Kier molecular flexibility index (Phi) is 9.52. The molecular weight excluding hydrogens is 196 g/mol. The van der Waals surface area contributed by atoms with E-state index in [0.29, 0.717) is 17.9 Å². The molecule has 0 saturated heterocycles. The van der Waals surface area contributed by atoms with Gasteiger partial charge in [-0.3, -0.25) is 0 Å². The summed E-state index contributed by atoms with van der Waals surface area (Å²) in [5.74, 6) is -0.815. The number of carboxylic acids is 1. The molecule has 0 aliphatic heterocycles. The molecule has 0 aromatic heterocycles. The topological polar surface area (TPSA) is 63.6 Å². The fraction of sp³-hybridized carbons (Fsp3) is 0.455. The molecule has 0 aliphatic rings. The van der Waals surface area contributed by atoms with Gasteiger partial charge in [-0.05, 0) is 12.3 Å². The lowest BCUT2D eigenvalue weighted by atomic mass is 10.1. The maximum Gasteiger partial charge on any atom is 0.333 e. The van der Waals surface area contributed by atoms with E-state index >= 15 is 0 Å². The van der Waals surface area contributed by atoms with Gasteiger partial charge in [0.25, 0.3) is 0 Å². The molecule has 0 aliphatic carbocycles. The van der Waals surface area contributed by atoms with Crippen molar-refractivity contribution in [1.82, 2.24) is 0 Å². The summed E-state index contributed by atoms with van der Waals surface area (Å²) in [6, 6.07) is 0. The van der Waals surface area contributed by atoms with Gasteiger partial charge in [-0.1, -0.05) is 27.0 Å². The standard InChI is InChI=1S/C8H14O2.C3H4O2/c1-6(2)5-7(3)8(9)10-4;1-2-3(4)5/h6H,3,5H2,1-2,4H3;2H,1H2,(H,4,5). The Balaban J connectivity index is 0. The molecule has 15 heavy (non-hydrogen) atoms. The van der Waals surface area contributed by atoms with Gasteiger partial charge in [0.2, 0.25) is 0 Å². The van der Waals surface area contributed by atoms with Gasteiger partial charge in [0.15, 0.2) is 0 Å². The van der Waals surface area contributed by atoms with E-state index in [0.717, 1.165) is 6.08 Å². The highest BCUT2D eigenvalue weighted by Crippen LogP contribution is 2.08. The second-order valence-electron chi connectivity index (χ2n) is 3.24. The van der Waals surface area contributed by atoms with Crippen LogP contribution in [0.1, 0.15) is 20.3 Å². The number of esters is 1. The molecule has 1 N–H and O–H groups in total. The van der Waals surface area contributed by atoms with Gasteiger partial charge in [0, 0.05) is 11.6 Å². The van der Waals surface area contributed by atoms with E-state index in [4.69, 9.17) is 5.11 Å². The lowest BCUT2D eigenvalue weighted by molar-refractivity contribution is -0.136. The smallest absolute Gasteiger partial charge is 0.333 e. The highest BCUT2D eigenvalue weighted by molar-refractivity contribution is 5.87. The van der Waals surface area contributed by atoms with Crippen LogP contribution in [0, 0.1) is 5.92 Å². The summed E-state index contributed by atoms with van der Waals surface area (Å²) in [7, 11) is 1.37. The number of carbonyl (C=O) groups excluding carboxylic acids is 1. The summed E-state index contributed by atoms with van der Waals surface area (Å²) < 4.78 is 4.47. The summed E-state index contributed by atoms with van der Waals surface area (Å²) in [6.45, 7) is 10.6. The summed E-state index contributed by atoms with van der Waals surface area (Å²) in [4.78, 5) is 20.0. The van der Waals surface area contributed by atoms with Crippen molar-refractivity contribution in [1.29, 1.82) is 0 Å². The van der Waals surface area contributed by atoms with Crippen LogP contribution in [0.25, 0.3) is 0 Å². The molecular formula is C11H18O4. The highest BCUT2D eigenvalue weighted by Gasteiger charge is 2.07. The molecule has 0 amide bonds. The van der Waals surface area contributed by atoms with Crippen molar-refractivity contribution < 1.29 is 19.4 Å². The number of ether oxygens (including phenoxy) is 1. The lowest BCUT2D eigenvalue weighted by Crippen LogP contribution is -2.05. The van der Waals surface area contributed by atoms with E-state index in [2.05, 4.69) is 17.9 Å². The second-order valence-corrected chi connectivity index (χ2v) is 3.24. The van der Waals surface area contributed by atoms with Crippen LogP contribution in [0.5, 0.6) is 0 Å². The zero-order chi connectivity index (χ0) is 12.4. The van der Waals surface area contributed by atoms with E-state index in [1.165, 1.54) is 7.11 Å². The summed E-state index contributed by atoms with van der Waals surface area (Å²) in [5, 5.41) is 7.60. The van der Waals surface area contributed by atoms with Crippen LogP contribution in [0.15, 0.2) is 24.8 Å². The maximum atomic E-state index is 10.7. The zero-order valence-corrected chi connectivity index (χ0v) is 9.45. The summed E-state index contributed by atoms with van der Waals surface area (Å²) in [5.41, 5.74) is 0.553. The monoisotopic (exact) mass is 214 g/mol. The number of hydrogen-bond acceptors (Lipinski definition) is 3. The predicted molar refractivity (Wildman–Crippen MR) is 58.4 cm³/mol. The average molecular weight is 214 g/mol. The second kappa shape index (κ2) is 8.99. The van der Waals surface area contributed by atoms with E-state index in [1.54, 1.807) is 0 Å². The van der Waals surface area contributed by atoms with Gasteiger partial charge in [-0.15, -0.1) is 0 Å². The number of carbonyl (C=O) groups is 2.